The van der Waals surface area contributed by atoms with Gasteiger partial charge in [-0.05, 0) is 32.9 Å². The number of methoxy groups -OCH3 is 1. The van der Waals surface area contributed by atoms with Crippen LogP contribution in [0.25, 0.3) is 0 Å². The number of amides is 1. The molecule has 1 aliphatic rings. The van der Waals surface area contributed by atoms with Crippen molar-refractivity contribution in [2.24, 2.45) is 0 Å². The van der Waals surface area contributed by atoms with Crippen molar-refractivity contribution in [1.29, 1.82) is 0 Å². The van der Waals surface area contributed by atoms with Crippen LogP contribution in [0, 0.1) is 0 Å². The highest BCUT2D eigenvalue weighted by atomic mass is 16.6. The molecule has 1 aliphatic heterocycles. The van der Waals surface area contributed by atoms with E-state index in [9.17, 15) is 9.59 Å². The fourth-order valence-electron chi connectivity index (χ4n) is 2.49. The number of ether oxygens (including phenoxy) is 2. The van der Waals surface area contributed by atoms with E-state index in [2.05, 4.69) is 4.90 Å². The van der Waals surface area contributed by atoms with E-state index in [-0.39, 0.29) is 12.1 Å². The zero-order valence-electron chi connectivity index (χ0n) is 14.2. The first-order valence-electron chi connectivity index (χ1n) is 7.72. The number of carbonyl (C=O) groups excluding carboxylic acids is 2. The van der Waals surface area contributed by atoms with Crippen LogP contribution in [0.4, 0.5) is 10.5 Å². The molecule has 1 fully saturated rings. The molecule has 0 radical (unpaired) electrons. The molecule has 1 heterocycles. The maximum Gasteiger partial charge on any atom is 0.410 e. The Hall–Kier alpha value is -2.24. The first-order valence-corrected chi connectivity index (χ1v) is 7.72. The van der Waals surface area contributed by atoms with Crippen molar-refractivity contribution in [3.63, 3.8) is 0 Å². The van der Waals surface area contributed by atoms with Crippen LogP contribution in [0.15, 0.2) is 24.3 Å². The van der Waals surface area contributed by atoms with E-state index in [1.54, 1.807) is 11.0 Å². The monoisotopic (exact) mass is 320 g/mol. The lowest BCUT2D eigenvalue weighted by Crippen LogP contribution is -2.50. The number of anilines is 1. The second kappa shape index (κ2) is 6.89. The minimum absolute atomic E-state index is 0.293. The van der Waals surface area contributed by atoms with Gasteiger partial charge in [0, 0.05) is 26.2 Å². The average Bonchev–Trinajstić information content (AvgIpc) is 2.52. The van der Waals surface area contributed by atoms with Crippen LogP contribution < -0.4 is 4.90 Å². The average molecular weight is 320 g/mol. The van der Waals surface area contributed by atoms with Gasteiger partial charge in [0.15, 0.2) is 0 Å². The van der Waals surface area contributed by atoms with Gasteiger partial charge < -0.3 is 19.3 Å². The standard InChI is InChI=1S/C17H24N2O4/c1-17(2,3)23-16(21)19-11-9-18(10-12-19)14-8-6-5-7-13(14)15(20)22-4/h5-8H,9-12H2,1-4H3. The van der Waals surface area contributed by atoms with Gasteiger partial charge in [-0.3, -0.25) is 0 Å². The van der Waals surface area contributed by atoms with Gasteiger partial charge in [-0.15, -0.1) is 0 Å². The molecule has 0 saturated carbocycles. The number of hydrogen-bond acceptors (Lipinski definition) is 5. The molecule has 0 aliphatic carbocycles. The molecule has 0 atom stereocenters. The molecule has 126 valence electrons. The van der Waals surface area contributed by atoms with Crippen molar-refractivity contribution in [2.75, 3.05) is 38.2 Å². The lowest BCUT2D eigenvalue weighted by atomic mass is 10.1. The number of carbonyl (C=O) groups is 2. The van der Waals surface area contributed by atoms with Gasteiger partial charge >= 0.3 is 12.1 Å². The summed E-state index contributed by atoms with van der Waals surface area (Å²) in [6, 6.07) is 7.35. The predicted octanol–water partition coefficient (Wildman–Crippen LogP) is 2.53. The lowest BCUT2D eigenvalue weighted by Gasteiger charge is -2.37. The Labute approximate surface area is 137 Å². The Kier molecular flexibility index (Phi) is 5.13. The molecule has 1 aromatic rings. The Balaban J connectivity index is 2.03. The Morgan fingerprint density at radius 2 is 1.65 bits per heavy atom. The highest BCUT2D eigenvalue weighted by Gasteiger charge is 2.27. The molecule has 2 rings (SSSR count). The first kappa shape index (κ1) is 17.1. The number of piperazine rings is 1. The van der Waals surface area contributed by atoms with E-state index < -0.39 is 5.60 Å². The molecule has 1 amide bonds. The molecule has 23 heavy (non-hydrogen) atoms. The molecule has 0 N–H and O–H groups in total. The molecule has 6 nitrogen and oxygen atoms in total. The summed E-state index contributed by atoms with van der Waals surface area (Å²) in [6.07, 6.45) is -0.293. The number of nitrogens with zero attached hydrogens (tertiary/aromatic N) is 2. The zero-order chi connectivity index (χ0) is 17.0. The van der Waals surface area contributed by atoms with Gasteiger partial charge in [0.2, 0.25) is 0 Å². The summed E-state index contributed by atoms with van der Waals surface area (Å²) >= 11 is 0. The van der Waals surface area contributed by atoms with Gasteiger partial charge in [0.25, 0.3) is 0 Å². The smallest absolute Gasteiger partial charge is 0.410 e. The molecule has 0 bridgehead atoms. The van der Waals surface area contributed by atoms with Gasteiger partial charge in [0.05, 0.1) is 18.4 Å². The van der Waals surface area contributed by atoms with Crippen molar-refractivity contribution in [3.05, 3.63) is 29.8 Å². The second-order valence-corrected chi connectivity index (χ2v) is 6.46. The summed E-state index contributed by atoms with van der Waals surface area (Å²) in [5.74, 6) is -0.352. The highest BCUT2D eigenvalue weighted by molar-refractivity contribution is 5.95. The summed E-state index contributed by atoms with van der Waals surface area (Å²) in [5, 5.41) is 0. The van der Waals surface area contributed by atoms with E-state index in [0.29, 0.717) is 31.7 Å². The van der Waals surface area contributed by atoms with Crippen molar-refractivity contribution in [2.45, 2.75) is 26.4 Å². The van der Waals surface area contributed by atoms with Crippen molar-refractivity contribution >= 4 is 17.7 Å². The molecule has 1 saturated heterocycles. The van der Waals surface area contributed by atoms with Crippen LogP contribution in [0.3, 0.4) is 0 Å². The Bertz CT molecular complexity index is 572. The molecule has 0 unspecified atom stereocenters. The zero-order valence-corrected chi connectivity index (χ0v) is 14.2. The number of esters is 1. The maximum absolute atomic E-state index is 12.1. The number of para-hydroxylation sites is 1. The van der Waals surface area contributed by atoms with Crippen molar-refractivity contribution in [3.8, 4) is 0 Å². The summed E-state index contributed by atoms with van der Waals surface area (Å²) < 4.78 is 10.2. The maximum atomic E-state index is 12.1. The van der Waals surface area contributed by atoms with Crippen LogP contribution in [-0.4, -0.2) is 55.9 Å². The van der Waals surface area contributed by atoms with E-state index >= 15 is 0 Å². The van der Waals surface area contributed by atoms with Crippen LogP contribution >= 0.6 is 0 Å². The van der Waals surface area contributed by atoms with Crippen LogP contribution in [-0.2, 0) is 9.47 Å². The Morgan fingerprint density at radius 3 is 2.22 bits per heavy atom. The van der Waals surface area contributed by atoms with E-state index in [1.165, 1.54) is 7.11 Å². The summed E-state index contributed by atoms with van der Waals surface area (Å²) in [6.45, 7) is 7.98. The summed E-state index contributed by atoms with van der Waals surface area (Å²) in [4.78, 5) is 27.7. The molecule has 6 heteroatoms. The summed E-state index contributed by atoms with van der Waals surface area (Å²) in [5.41, 5.74) is 0.884. The van der Waals surface area contributed by atoms with Gasteiger partial charge in [-0.2, -0.15) is 0 Å². The highest BCUT2D eigenvalue weighted by Crippen LogP contribution is 2.23. The lowest BCUT2D eigenvalue weighted by molar-refractivity contribution is 0.0240. The SMILES string of the molecule is COC(=O)c1ccccc1N1CCN(C(=O)OC(C)(C)C)CC1. The molecule has 1 aromatic carbocycles. The van der Waals surface area contributed by atoms with E-state index in [4.69, 9.17) is 9.47 Å². The van der Waals surface area contributed by atoms with E-state index in [1.807, 2.05) is 39.0 Å². The molecular weight excluding hydrogens is 296 g/mol. The van der Waals surface area contributed by atoms with Crippen LogP contribution in [0.5, 0.6) is 0 Å². The number of hydrogen-bond donors (Lipinski definition) is 0. The third-order valence-corrected chi connectivity index (χ3v) is 3.58. The van der Waals surface area contributed by atoms with Crippen LogP contribution in [0.2, 0.25) is 0 Å². The quantitative estimate of drug-likeness (QED) is 0.784. The van der Waals surface area contributed by atoms with Gasteiger partial charge in [0.1, 0.15) is 5.60 Å². The van der Waals surface area contributed by atoms with Crippen molar-refractivity contribution in [1.82, 2.24) is 4.90 Å². The molecular formula is C17H24N2O4. The number of benzene rings is 1. The first-order chi connectivity index (χ1) is 10.8. The molecule has 0 spiro atoms. The third-order valence-electron chi connectivity index (χ3n) is 3.58. The van der Waals surface area contributed by atoms with Gasteiger partial charge in [-0.25, -0.2) is 9.59 Å². The third kappa shape index (κ3) is 4.37. The minimum atomic E-state index is -0.494. The fraction of sp³-hybridized carbons (Fsp3) is 0.529. The summed E-state index contributed by atoms with van der Waals surface area (Å²) in [7, 11) is 1.37. The predicted molar refractivity (Wildman–Crippen MR) is 87.8 cm³/mol. The fourth-order valence-corrected chi connectivity index (χ4v) is 2.49. The Morgan fingerprint density at radius 1 is 1.04 bits per heavy atom. The van der Waals surface area contributed by atoms with E-state index in [0.717, 1.165) is 5.69 Å². The minimum Gasteiger partial charge on any atom is -0.465 e. The second-order valence-electron chi connectivity index (χ2n) is 6.46. The normalized spacial score (nSPS) is 15.3. The van der Waals surface area contributed by atoms with Crippen molar-refractivity contribution < 1.29 is 19.1 Å². The number of rotatable bonds is 2. The van der Waals surface area contributed by atoms with Crippen LogP contribution in [0.1, 0.15) is 31.1 Å². The van der Waals surface area contributed by atoms with Gasteiger partial charge in [-0.1, -0.05) is 12.1 Å². The largest absolute Gasteiger partial charge is 0.465 e. The molecule has 0 aromatic heterocycles. The topological polar surface area (TPSA) is 59.1 Å².